The minimum Gasteiger partial charge on any atom is -0.496 e. The number of hydrogen-bond acceptors (Lipinski definition) is 3. The predicted molar refractivity (Wildman–Crippen MR) is 91.8 cm³/mol. The molecule has 0 aromatic heterocycles. The number of amides is 2. The van der Waals surface area contributed by atoms with Crippen LogP contribution in [0.5, 0.6) is 5.75 Å². The van der Waals surface area contributed by atoms with E-state index in [0.717, 1.165) is 5.56 Å². The molecular formula is C17H15BrN2O3. The zero-order valence-corrected chi connectivity index (χ0v) is 14.0. The average Bonchev–Trinajstić information content (AvgIpc) is 2.58. The summed E-state index contributed by atoms with van der Waals surface area (Å²) in [6.45, 7) is 0. The number of halogens is 1. The van der Waals surface area contributed by atoms with Gasteiger partial charge in [-0.15, -0.1) is 0 Å². The average molecular weight is 375 g/mol. The van der Waals surface area contributed by atoms with E-state index in [1.807, 2.05) is 18.2 Å². The molecule has 0 spiro atoms. The van der Waals surface area contributed by atoms with Gasteiger partial charge in [-0.05, 0) is 40.2 Å². The van der Waals surface area contributed by atoms with Crippen LogP contribution in [0.25, 0.3) is 6.08 Å². The number of nitrogens with one attached hydrogen (secondary N) is 2. The Morgan fingerprint density at radius 3 is 2.48 bits per heavy atom. The first-order valence-electron chi connectivity index (χ1n) is 6.77. The highest BCUT2D eigenvalue weighted by Crippen LogP contribution is 2.18. The first-order chi connectivity index (χ1) is 11.1. The number of benzene rings is 2. The summed E-state index contributed by atoms with van der Waals surface area (Å²) >= 11 is 3.28. The second kappa shape index (κ2) is 8.14. The maximum Gasteiger partial charge on any atom is 0.270 e. The van der Waals surface area contributed by atoms with Gasteiger partial charge < -0.3 is 4.74 Å². The highest BCUT2D eigenvalue weighted by molar-refractivity contribution is 9.10. The molecular weight excluding hydrogens is 360 g/mol. The van der Waals surface area contributed by atoms with Crippen LogP contribution in [0.2, 0.25) is 0 Å². The van der Waals surface area contributed by atoms with Crippen molar-refractivity contribution in [2.75, 3.05) is 7.11 Å². The summed E-state index contributed by atoms with van der Waals surface area (Å²) in [4.78, 5) is 23.7. The number of hydrazine groups is 1. The number of carbonyl (C=O) groups is 2. The summed E-state index contributed by atoms with van der Waals surface area (Å²) in [5, 5.41) is 0. The molecule has 0 atom stereocenters. The molecule has 0 aliphatic rings. The van der Waals surface area contributed by atoms with Crippen LogP contribution in [0.15, 0.2) is 59.1 Å². The van der Waals surface area contributed by atoms with Crippen LogP contribution in [0.3, 0.4) is 0 Å². The van der Waals surface area contributed by atoms with Gasteiger partial charge in [0, 0.05) is 16.1 Å². The van der Waals surface area contributed by atoms with Gasteiger partial charge in [-0.1, -0.05) is 30.3 Å². The van der Waals surface area contributed by atoms with Crippen molar-refractivity contribution in [1.82, 2.24) is 10.9 Å². The van der Waals surface area contributed by atoms with Gasteiger partial charge in [-0.2, -0.15) is 0 Å². The number of ether oxygens (including phenoxy) is 1. The maximum atomic E-state index is 11.9. The fourth-order valence-corrected chi connectivity index (χ4v) is 2.31. The Morgan fingerprint density at radius 1 is 1.04 bits per heavy atom. The van der Waals surface area contributed by atoms with Gasteiger partial charge in [-0.3, -0.25) is 20.4 Å². The minimum atomic E-state index is -0.448. The molecule has 5 nitrogen and oxygen atoms in total. The summed E-state index contributed by atoms with van der Waals surface area (Å²) in [5.41, 5.74) is 5.88. The highest BCUT2D eigenvalue weighted by atomic mass is 79.9. The van der Waals surface area contributed by atoms with E-state index in [1.165, 1.54) is 6.08 Å². The largest absolute Gasteiger partial charge is 0.496 e. The third kappa shape index (κ3) is 4.69. The Balaban J connectivity index is 1.94. The Bertz CT molecular complexity index is 744. The van der Waals surface area contributed by atoms with Crippen LogP contribution in [0.1, 0.15) is 15.9 Å². The molecule has 0 saturated heterocycles. The van der Waals surface area contributed by atoms with Gasteiger partial charge in [0.2, 0.25) is 0 Å². The zero-order chi connectivity index (χ0) is 16.7. The first kappa shape index (κ1) is 16.8. The first-order valence-corrected chi connectivity index (χ1v) is 7.57. The number of methoxy groups -OCH3 is 1. The lowest BCUT2D eigenvalue weighted by Gasteiger charge is -2.07. The molecule has 0 bridgehead atoms. The zero-order valence-electron chi connectivity index (χ0n) is 12.4. The normalized spacial score (nSPS) is 10.3. The third-order valence-electron chi connectivity index (χ3n) is 2.97. The lowest BCUT2D eigenvalue weighted by molar-refractivity contribution is -0.117. The van der Waals surface area contributed by atoms with Crippen molar-refractivity contribution < 1.29 is 14.3 Å². The van der Waals surface area contributed by atoms with Crippen molar-refractivity contribution in [3.63, 3.8) is 0 Å². The molecule has 0 saturated carbocycles. The third-order valence-corrected chi connectivity index (χ3v) is 3.66. The van der Waals surface area contributed by atoms with E-state index >= 15 is 0 Å². The number of rotatable bonds is 4. The second-order valence-corrected chi connectivity index (χ2v) is 5.35. The van der Waals surface area contributed by atoms with E-state index in [0.29, 0.717) is 15.8 Å². The summed E-state index contributed by atoms with van der Waals surface area (Å²) in [6, 6.07) is 14.2. The van der Waals surface area contributed by atoms with Crippen molar-refractivity contribution >= 4 is 33.8 Å². The summed E-state index contributed by atoms with van der Waals surface area (Å²) < 4.78 is 5.84. The molecule has 2 N–H and O–H groups in total. The van der Waals surface area contributed by atoms with Gasteiger partial charge in [0.15, 0.2) is 0 Å². The Hall–Kier alpha value is -2.60. The van der Waals surface area contributed by atoms with E-state index in [1.54, 1.807) is 43.5 Å². The Kier molecular flexibility index (Phi) is 5.94. The molecule has 2 aromatic rings. The fraction of sp³-hybridized carbons (Fsp3) is 0.0588. The smallest absolute Gasteiger partial charge is 0.270 e. The number of hydrogen-bond donors (Lipinski definition) is 2. The lowest BCUT2D eigenvalue weighted by atomic mass is 10.2. The quantitative estimate of drug-likeness (QED) is 0.638. The van der Waals surface area contributed by atoms with Gasteiger partial charge in [0.05, 0.1) is 12.7 Å². The van der Waals surface area contributed by atoms with E-state index in [4.69, 9.17) is 4.74 Å². The second-order valence-electron chi connectivity index (χ2n) is 4.50. The van der Waals surface area contributed by atoms with Crippen LogP contribution in [-0.2, 0) is 4.79 Å². The molecule has 0 fully saturated rings. The van der Waals surface area contributed by atoms with Crippen LogP contribution >= 0.6 is 15.9 Å². The van der Waals surface area contributed by atoms with Crippen LogP contribution in [-0.4, -0.2) is 18.9 Å². The molecule has 0 aliphatic carbocycles. The van der Waals surface area contributed by atoms with E-state index < -0.39 is 11.8 Å². The van der Waals surface area contributed by atoms with Crippen molar-refractivity contribution in [2.24, 2.45) is 0 Å². The van der Waals surface area contributed by atoms with E-state index in [2.05, 4.69) is 26.8 Å². The summed E-state index contributed by atoms with van der Waals surface area (Å²) in [6.07, 6.45) is 2.93. The van der Waals surface area contributed by atoms with Crippen LogP contribution in [0, 0.1) is 0 Å². The Morgan fingerprint density at radius 2 is 1.74 bits per heavy atom. The number of para-hydroxylation sites is 1. The van der Waals surface area contributed by atoms with Gasteiger partial charge >= 0.3 is 0 Å². The lowest BCUT2D eigenvalue weighted by Crippen LogP contribution is -2.40. The van der Waals surface area contributed by atoms with Crippen molar-refractivity contribution in [2.45, 2.75) is 0 Å². The highest BCUT2D eigenvalue weighted by Gasteiger charge is 2.09. The fourth-order valence-electron chi connectivity index (χ4n) is 1.84. The molecule has 6 heteroatoms. The maximum absolute atomic E-state index is 11.9. The Labute approximate surface area is 142 Å². The van der Waals surface area contributed by atoms with Crippen molar-refractivity contribution in [1.29, 1.82) is 0 Å². The van der Waals surface area contributed by atoms with Gasteiger partial charge in [0.1, 0.15) is 5.75 Å². The monoisotopic (exact) mass is 374 g/mol. The molecule has 0 unspecified atom stereocenters. The SMILES string of the molecule is COc1ccccc1/C=C/C(=O)NNC(=O)c1ccccc1Br. The standard InChI is InChI=1S/C17H15BrN2O3/c1-23-15-9-5-2-6-12(15)10-11-16(21)19-20-17(22)13-7-3-4-8-14(13)18/h2-11H,1H3,(H,19,21)(H,20,22)/b11-10+. The topological polar surface area (TPSA) is 67.4 Å². The van der Waals surface area contributed by atoms with E-state index in [9.17, 15) is 9.59 Å². The molecule has 118 valence electrons. The molecule has 0 radical (unpaired) electrons. The van der Waals surface area contributed by atoms with E-state index in [-0.39, 0.29) is 0 Å². The molecule has 0 heterocycles. The van der Waals surface area contributed by atoms with Gasteiger partial charge in [-0.25, -0.2) is 0 Å². The van der Waals surface area contributed by atoms with Gasteiger partial charge in [0.25, 0.3) is 11.8 Å². The van der Waals surface area contributed by atoms with Crippen LogP contribution in [0.4, 0.5) is 0 Å². The number of carbonyl (C=O) groups excluding carboxylic acids is 2. The molecule has 2 amide bonds. The van der Waals surface area contributed by atoms with Crippen LogP contribution < -0.4 is 15.6 Å². The minimum absolute atomic E-state index is 0.406. The molecule has 0 aliphatic heterocycles. The summed E-state index contributed by atoms with van der Waals surface area (Å²) in [5.74, 6) is -0.193. The van der Waals surface area contributed by atoms with Crippen molar-refractivity contribution in [3.05, 3.63) is 70.2 Å². The molecule has 2 rings (SSSR count). The predicted octanol–water partition coefficient (Wildman–Crippen LogP) is 2.93. The summed E-state index contributed by atoms with van der Waals surface area (Å²) in [7, 11) is 1.56. The molecule has 23 heavy (non-hydrogen) atoms. The van der Waals surface area contributed by atoms with Crippen molar-refractivity contribution in [3.8, 4) is 5.75 Å². The molecule has 2 aromatic carbocycles.